The fourth-order valence-corrected chi connectivity index (χ4v) is 1.19. The highest BCUT2D eigenvalue weighted by atomic mass is 35.5. The van der Waals surface area contributed by atoms with E-state index < -0.39 is 0 Å². The van der Waals surface area contributed by atoms with Crippen LogP contribution in [0.15, 0.2) is 18.2 Å². The van der Waals surface area contributed by atoms with Gasteiger partial charge in [0.2, 0.25) is 0 Å². The molecule has 1 aromatic heterocycles. The summed E-state index contributed by atoms with van der Waals surface area (Å²) < 4.78 is 0. The zero-order valence-corrected chi connectivity index (χ0v) is 8.49. The van der Waals surface area contributed by atoms with Crippen LogP contribution in [0, 0.1) is 5.41 Å². The molecule has 13 heavy (non-hydrogen) atoms. The van der Waals surface area contributed by atoms with E-state index in [1.807, 2.05) is 12.1 Å². The third kappa shape index (κ3) is 4.59. The van der Waals surface area contributed by atoms with E-state index in [0.717, 1.165) is 5.69 Å². The first kappa shape index (κ1) is 12.1. The molecular formula is C7H11ClN4S. The van der Waals surface area contributed by atoms with Gasteiger partial charge in [0.05, 0.1) is 5.69 Å². The first-order valence-electron chi connectivity index (χ1n) is 3.36. The van der Waals surface area contributed by atoms with Crippen LogP contribution in [0.3, 0.4) is 0 Å². The molecule has 0 saturated carbocycles. The first-order valence-corrected chi connectivity index (χ1v) is 4.35. The number of aromatic nitrogens is 1. The lowest BCUT2D eigenvalue weighted by molar-refractivity contribution is 1.19. The van der Waals surface area contributed by atoms with Gasteiger partial charge < -0.3 is 11.5 Å². The Kier molecular flexibility index (Phi) is 5.25. The quantitative estimate of drug-likeness (QED) is 0.514. The fourth-order valence-electron chi connectivity index (χ4n) is 0.730. The van der Waals surface area contributed by atoms with Gasteiger partial charge in [-0.3, -0.25) is 5.41 Å². The molecule has 6 heteroatoms. The van der Waals surface area contributed by atoms with E-state index in [-0.39, 0.29) is 17.6 Å². The van der Waals surface area contributed by atoms with Crippen molar-refractivity contribution >= 4 is 35.2 Å². The van der Waals surface area contributed by atoms with Gasteiger partial charge in [0, 0.05) is 5.75 Å². The van der Waals surface area contributed by atoms with Crippen LogP contribution < -0.4 is 11.5 Å². The Morgan fingerprint density at radius 2 is 2.23 bits per heavy atom. The molecule has 0 unspecified atom stereocenters. The summed E-state index contributed by atoms with van der Waals surface area (Å²) in [6, 6.07) is 5.41. The van der Waals surface area contributed by atoms with Crippen molar-refractivity contribution in [3.05, 3.63) is 23.9 Å². The van der Waals surface area contributed by atoms with Crippen LogP contribution in [0.2, 0.25) is 0 Å². The zero-order valence-electron chi connectivity index (χ0n) is 6.86. The van der Waals surface area contributed by atoms with Crippen LogP contribution in [-0.4, -0.2) is 10.2 Å². The van der Waals surface area contributed by atoms with Gasteiger partial charge in [-0.1, -0.05) is 17.8 Å². The Balaban J connectivity index is 0.00000144. The smallest absolute Gasteiger partial charge is 0.151 e. The molecule has 4 nitrogen and oxygen atoms in total. The van der Waals surface area contributed by atoms with E-state index in [4.69, 9.17) is 16.9 Å². The molecule has 0 aliphatic carbocycles. The Bertz CT molecular complexity index is 292. The number of nitrogens with two attached hydrogens (primary N) is 2. The number of nitrogens with zero attached hydrogens (tertiary/aromatic N) is 1. The summed E-state index contributed by atoms with van der Waals surface area (Å²) in [5.74, 6) is 1.09. The molecule has 1 aromatic rings. The molecule has 0 radical (unpaired) electrons. The number of hydrogen-bond acceptors (Lipinski definition) is 4. The lowest BCUT2D eigenvalue weighted by atomic mass is 10.4. The number of amidine groups is 1. The molecular weight excluding hydrogens is 208 g/mol. The molecule has 0 aliphatic heterocycles. The van der Waals surface area contributed by atoms with Crippen molar-refractivity contribution in [2.75, 3.05) is 5.73 Å². The minimum atomic E-state index is 0. The maximum absolute atomic E-state index is 6.98. The van der Waals surface area contributed by atoms with Crippen molar-refractivity contribution in [1.82, 2.24) is 4.98 Å². The van der Waals surface area contributed by atoms with Crippen LogP contribution in [0.4, 0.5) is 5.82 Å². The summed E-state index contributed by atoms with van der Waals surface area (Å²) in [7, 11) is 0. The average Bonchev–Trinajstić information content (AvgIpc) is 2.01. The van der Waals surface area contributed by atoms with E-state index in [2.05, 4.69) is 4.98 Å². The topological polar surface area (TPSA) is 88.8 Å². The summed E-state index contributed by atoms with van der Waals surface area (Å²) in [5, 5.41) is 7.08. The van der Waals surface area contributed by atoms with E-state index in [9.17, 15) is 0 Å². The van der Waals surface area contributed by atoms with Crippen molar-refractivity contribution in [2.45, 2.75) is 5.75 Å². The molecule has 5 N–H and O–H groups in total. The van der Waals surface area contributed by atoms with Gasteiger partial charge in [-0.05, 0) is 12.1 Å². The number of nitrogens with one attached hydrogen (secondary N) is 1. The Hall–Kier alpha value is -0.940. The number of rotatable bonds is 2. The fraction of sp³-hybridized carbons (Fsp3) is 0.143. The number of hydrogen-bond donors (Lipinski definition) is 3. The van der Waals surface area contributed by atoms with Crippen LogP contribution in [-0.2, 0) is 5.75 Å². The molecule has 0 bridgehead atoms. The molecule has 0 aliphatic rings. The van der Waals surface area contributed by atoms with Crippen LogP contribution in [0.25, 0.3) is 0 Å². The van der Waals surface area contributed by atoms with E-state index in [1.54, 1.807) is 6.07 Å². The van der Waals surface area contributed by atoms with E-state index >= 15 is 0 Å². The average molecular weight is 219 g/mol. The first-order chi connectivity index (χ1) is 5.68. The lowest BCUT2D eigenvalue weighted by Crippen LogP contribution is -2.04. The molecule has 72 valence electrons. The monoisotopic (exact) mass is 218 g/mol. The number of pyridine rings is 1. The van der Waals surface area contributed by atoms with E-state index in [1.165, 1.54) is 11.8 Å². The summed E-state index contributed by atoms with van der Waals surface area (Å²) in [6.07, 6.45) is 0. The van der Waals surface area contributed by atoms with E-state index in [0.29, 0.717) is 11.6 Å². The maximum Gasteiger partial charge on any atom is 0.151 e. The third-order valence-corrected chi connectivity index (χ3v) is 1.95. The second-order valence-corrected chi connectivity index (χ2v) is 3.22. The molecule has 1 heterocycles. The largest absolute Gasteiger partial charge is 0.384 e. The van der Waals surface area contributed by atoms with Crippen LogP contribution >= 0.6 is 24.2 Å². The van der Waals surface area contributed by atoms with Crippen LogP contribution in [0.5, 0.6) is 0 Å². The second-order valence-electron chi connectivity index (χ2n) is 2.21. The normalized spacial score (nSPS) is 8.92. The number of thioether (sulfide) groups is 1. The highest BCUT2D eigenvalue weighted by Gasteiger charge is 1.96. The van der Waals surface area contributed by atoms with Crippen molar-refractivity contribution in [1.29, 1.82) is 5.41 Å². The molecule has 0 aromatic carbocycles. The third-order valence-electron chi connectivity index (χ3n) is 1.20. The number of anilines is 1. The summed E-state index contributed by atoms with van der Waals surface area (Å²) in [4.78, 5) is 4.05. The van der Waals surface area contributed by atoms with Gasteiger partial charge in [0.1, 0.15) is 5.82 Å². The molecule has 1 rings (SSSR count). The van der Waals surface area contributed by atoms with Crippen LogP contribution in [0.1, 0.15) is 5.69 Å². The Morgan fingerprint density at radius 1 is 1.54 bits per heavy atom. The summed E-state index contributed by atoms with van der Waals surface area (Å²) in [6.45, 7) is 0. The second kappa shape index (κ2) is 5.66. The van der Waals surface area contributed by atoms with Crippen molar-refractivity contribution in [3.63, 3.8) is 0 Å². The van der Waals surface area contributed by atoms with Gasteiger partial charge in [-0.2, -0.15) is 0 Å². The predicted molar refractivity (Wildman–Crippen MR) is 59.1 cm³/mol. The highest BCUT2D eigenvalue weighted by molar-refractivity contribution is 8.13. The van der Waals surface area contributed by atoms with Crippen molar-refractivity contribution in [2.24, 2.45) is 5.73 Å². The van der Waals surface area contributed by atoms with Crippen molar-refractivity contribution in [3.8, 4) is 0 Å². The highest BCUT2D eigenvalue weighted by Crippen LogP contribution is 2.09. The zero-order chi connectivity index (χ0) is 8.97. The molecule has 0 saturated heterocycles. The summed E-state index contributed by atoms with van der Waals surface area (Å²) in [5.41, 5.74) is 11.5. The van der Waals surface area contributed by atoms with Gasteiger partial charge in [-0.25, -0.2) is 4.98 Å². The van der Waals surface area contributed by atoms with Gasteiger partial charge in [0.25, 0.3) is 0 Å². The van der Waals surface area contributed by atoms with Gasteiger partial charge in [0.15, 0.2) is 5.17 Å². The minimum absolute atomic E-state index is 0. The predicted octanol–water partition coefficient (Wildman–Crippen LogP) is 1.21. The van der Waals surface area contributed by atoms with Gasteiger partial charge >= 0.3 is 0 Å². The summed E-state index contributed by atoms with van der Waals surface area (Å²) >= 11 is 1.24. The standard InChI is InChI=1S/C7H10N4S.ClH/c8-6-3-1-2-5(11-6)4-12-7(9)10;/h1-3H,4H2,(H2,8,11)(H3,9,10);1H. The molecule has 0 spiro atoms. The number of nitrogen functional groups attached to an aromatic ring is 1. The molecule has 0 fully saturated rings. The molecule has 0 amide bonds. The molecule has 0 atom stereocenters. The van der Waals surface area contributed by atoms with Gasteiger partial charge in [-0.15, -0.1) is 12.4 Å². The Labute approximate surface area is 87.0 Å². The van der Waals surface area contributed by atoms with Crippen molar-refractivity contribution < 1.29 is 0 Å². The number of halogens is 1. The SMILES string of the molecule is Cl.N=C(N)SCc1cccc(N)n1. The maximum atomic E-state index is 6.98. The Morgan fingerprint density at radius 3 is 2.77 bits per heavy atom. The minimum Gasteiger partial charge on any atom is -0.384 e. The lowest BCUT2D eigenvalue weighted by Gasteiger charge is -1.99.